The van der Waals surface area contributed by atoms with Gasteiger partial charge < -0.3 is 15.3 Å². The Morgan fingerprint density at radius 2 is 1.92 bits per heavy atom. The minimum absolute atomic E-state index is 0.116. The summed E-state index contributed by atoms with van der Waals surface area (Å²) in [6, 6.07) is 9.60. The van der Waals surface area contributed by atoms with E-state index in [-0.39, 0.29) is 11.8 Å². The van der Waals surface area contributed by atoms with Crippen molar-refractivity contribution in [3.63, 3.8) is 0 Å². The Labute approximate surface area is 140 Å². The molecule has 0 bridgehead atoms. The van der Waals surface area contributed by atoms with Crippen LogP contribution in [0.25, 0.3) is 0 Å². The van der Waals surface area contributed by atoms with Gasteiger partial charge in [0, 0.05) is 15.8 Å². The first kappa shape index (κ1) is 16.7. The molecule has 4 nitrogen and oxygen atoms in total. The van der Waals surface area contributed by atoms with Crippen LogP contribution in [0.3, 0.4) is 0 Å². The Morgan fingerprint density at radius 1 is 1.21 bits per heavy atom. The number of aryl methyl sites for hydroxylation is 1. The molecule has 1 aliphatic heterocycles. The lowest BCUT2D eigenvalue weighted by Crippen LogP contribution is -2.22. The summed E-state index contributed by atoms with van der Waals surface area (Å²) >= 11 is 1.64. The third-order valence-corrected chi connectivity index (χ3v) is 4.47. The van der Waals surface area contributed by atoms with E-state index in [0.717, 1.165) is 10.4 Å². The van der Waals surface area contributed by atoms with E-state index in [1.54, 1.807) is 28.5 Å². The normalized spacial score (nSPS) is 18.3. The van der Waals surface area contributed by atoms with Crippen LogP contribution in [0.1, 0.15) is 21.4 Å². The molecule has 0 saturated carbocycles. The number of hydroxylamine groups is 2. The highest BCUT2D eigenvalue weighted by molar-refractivity contribution is 7.12. The van der Waals surface area contributed by atoms with Crippen LogP contribution in [0.5, 0.6) is 5.75 Å². The third kappa shape index (κ3) is 4.01. The Hall–Kier alpha value is -2.19. The lowest BCUT2D eigenvalue weighted by atomic mass is 10.2. The number of ether oxygens (including phenoxy) is 1. The van der Waals surface area contributed by atoms with Crippen molar-refractivity contribution in [1.29, 1.82) is 0 Å². The monoisotopic (exact) mass is 356 g/mol. The highest BCUT2D eigenvalue weighted by atomic mass is 32.1. The summed E-state index contributed by atoms with van der Waals surface area (Å²) in [5.74, 6) is 0.0553. The first-order chi connectivity index (χ1) is 11.3. The van der Waals surface area contributed by atoms with Gasteiger partial charge in [-0.05, 0) is 36.8 Å². The van der Waals surface area contributed by atoms with E-state index in [9.17, 15) is 13.2 Å². The first-order valence-corrected chi connectivity index (χ1v) is 7.95. The van der Waals surface area contributed by atoms with Crippen LogP contribution < -0.4 is 10.5 Å². The molecule has 1 aromatic carbocycles. The number of alkyl halides is 3. The predicted molar refractivity (Wildman–Crippen MR) is 83.8 cm³/mol. The van der Waals surface area contributed by atoms with Crippen molar-refractivity contribution >= 4 is 11.3 Å². The molecule has 8 heteroatoms. The van der Waals surface area contributed by atoms with Gasteiger partial charge in [0.1, 0.15) is 11.8 Å². The molecule has 2 aromatic rings. The third-order valence-electron chi connectivity index (χ3n) is 3.40. The second-order valence-electron chi connectivity index (χ2n) is 5.32. The standard InChI is InChI=1S/C16H15F3N2O2S/c1-10-2-7-14(24-10)13-8-15(20)23-21(13)9-11-3-5-12(6-4-11)22-16(17,18)19/h2-8,13H,9,20H2,1H3. The first-order valence-electron chi connectivity index (χ1n) is 7.13. The van der Waals surface area contributed by atoms with Crippen molar-refractivity contribution in [3.8, 4) is 5.75 Å². The summed E-state index contributed by atoms with van der Waals surface area (Å²) in [6.07, 6.45) is -2.88. The number of benzene rings is 1. The van der Waals surface area contributed by atoms with Crippen molar-refractivity contribution < 1.29 is 22.7 Å². The number of nitrogens with zero attached hydrogens (tertiary/aromatic N) is 1. The second kappa shape index (κ2) is 6.37. The van der Waals surface area contributed by atoms with Gasteiger partial charge >= 0.3 is 6.36 Å². The van der Waals surface area contributed by atoms with Gasteiger partial charge in [0.25, 0.3) is 0 Å². The summed E-state index contributed by atoms with van der Waals surface area (Å²) in [4.78, 5) is 7.79. The number of nitrogens with two attached hydrogens (primary N) is 1. The number of thiophene rings is 1. The molecule has 0 saturated heterocycles. The molecule has 0 spiro atoms. The maximum absolute atomic E-state index is 12.2. The molecule has 24 heavy (non-hydrogen) atoms. The quantitative estimate of drug-likeness (QED) is 0.890. The van der Waals surface area contributed by atoms with Gasteiger partial charge in [-0.25, -0.2) is 0 Å². The Morgan fingerprint density at radius 3 is 2.50 bits per heavy atom. The van der Waals surface area contributed by atoms with Crippen LogP contribution >= 0.6 is 11.3 Å². The smallest absolute Gasteiger partial charge is 0.406 e. The minimum Gasteiger partial charge on any atom is -0.406 e. The van der Waals surface area contributed by atoms with Crippen molar-refractivity contribution in [2.75, 3.05) is 0 Å². The van der Waals surface area contributed by atoms with E-state index in [2.05, 4.69) is 4.74 Å². The van der Waals surface area contributed by atoms with Crippen LogP contribution in [0.4, 0.5) is 13.2 Å². The lowest BCUT2D eigenvalue weighted by Gasteiger charge is -2.22. The summed E-state index contributed by atoms with van der Waals surface area (Å²) in [5.41, 5.74) is 6.55. The highest BCUT2D eigenvalue weighted by Gasteiger charge is 2.31. The number of rotatable bonds is 4. The molecule has 1 unspecified atom stereocenters. The van der Waals surface area contributed by atoms with E-state index in [1.807, 2.05) is 25.1 Å². The van der Waals surface area contributed by atoms with Gasteiger partial charge in [-0.15, -0.1) is 29.6 Å². The molecule has 2 heterocycles. The SMILES string of the molecule is Cc1ccc(C2C=C(N)ON2Cc2ccc(OC(F)(F)F)cc2)s1. The number of halogens is 3. The minimum atomic E-state index is -4.69. The van der Waals surface area contributed by atoms with Crippen LogP contribution in [-0.2, 0) is 11.4 Å². The van der Waals surface area contributed by atoms with Crippen LogP contribution in [-0.4, -0.2) is 11.4 Å². The molecule has 1 atom stereocenters. The van der Waals surface area contributed by atoms with E-state index < -0.39 is 6.36 Å². The summed E-state index contributed by atoms with van der Waals surface area (Å²) in [7, 11) is 0. The van der Waals surface area contributed by atoms with Crippen LogP contribution in [0.15, 0.2) is 48.4 Å². The molecule has 0 amide bonds. The Kier molecular flexibility index (Phi) is 4.42. The largest absolute Gasteiger partial charge is 0.573 e. The fourth-order valence-corrected chi connectivity index (χ4v) is 3.36. The zero-order chi connectivity index (χ0) is 17.3. The molecule has 2 N–H and O–H groups in total. The van der Waals surface area contributed by atoms with E-state index in [0.29, 0.717) is 12.4 Å². The Bertz CT molecular complexity index is 741. The van der Waals surface area contributed by atoms with Crippen molar-refractivity contribution in [2.24, 2.45) is 5.73 Å². The Balaban J connectivity index is 1.71. The van der Waals surface area contributed by atoms with Gasteiger partial charge in [0.15, 0.2) is 0 Å². The maximum atomic E-state index is 12.2. The predicted octanol–water partition coefficient (Wildman–Crippen LogP) is 4.24. The zero-order valence-electron chi connectivity index (χ0n) is 12.7. The molecule has 3 rings (SSSR count). The van der Waals surface area contributed by atoms with Crippen molar-refractivity contribution in [3.05, 3.63) is 63.7 Å². The van der Waals surface area contributed by atoms with Gasteiger partial charge in [-0.3, -0.25) is 0 Å². The average Bonchev–Trinajstić information content (AvgIpc) is 3.05. The van der Waals surface area contributed by atoms with Crippen molar-refractivity contribution in [2.45, 2.75) is 25.9 Å². The van der Waals surface area contributed by atoms with Crippen LogP contribution in [0, 0.1) is 6.92 Å². The molecular formula is C16H15F3N2O2S. The van der Waals surface area contributed by atoms with Gasteiger partial charge in [-0.2, -0.15) is 0 Å². The van der Waals surface area contributed by atoms with Gasteiger partial charge in [-0.1, -0.05) is 12.1 Å². The molecule has 128 valence electrons. The summed E-state index contributed by atoms with van der Waals surface area (Å²) in [5, 5.41) is 1.69. The number of hydrogen-bond donors (Lipinski definition) is 1. The lowest BCUT2D eigenvalue weighted by molar-refractivity contribution is -0.274. The summed E-state index contributed by atoms with van der Waals surface area (Å²) in [6.45, 7) is 2.39. The molecule has 0 aliphatic carbocycles. The molecule has 1 aromatic heterocycles. The molecule has 0 radical (unpaired) electrons. The van der Waals surface area contributed by atoms with Gasteiger partial charge in [0.05, 0.1) is 6.54 Å². The fraction of sp³-hybridized carbons (Fsp3) is 0.250. The average molecular weight is 356 g/mol. The fourth-order valence-electron chi connectivity index (χ4n) is 2.40. The van der Waals surface area contributed by atoms with E-state index >= 15 is 0 Å². The second-order valence-corrected chi connectivity index (χ2v) is 6.64. The van der Waals surface area contributed by atoms with E-state index in [4.69, 9.17) is 10.6 Å². The zero-order valence-corrected chi connectivity index (χ0v) is 13.5. The summed E-state index contributed by atoms with van der Waals surface area (Å²) < 4.78 is 40.4. The van der Waals surface area contributed by atoms with Crippen LogP contribution in [0.2, 0.25) is 0 Å². The maximum Gasteiger partial charge on any atom is 0.573 e. The van der Waals surface area contributed by atoms with Crippen molar-refractivity contribution in [1.82, 2.24) is 5.06 Å². The molecule has 1 aliphatic rings. The number of hydrogen-bond acceptors (Lipinski definition) is 5. The molecule has 0 fully saturated rings. The topological polar surface area (TPSA) is 47.7 Å². The highest BCUT2D eigenvalue weighted by Crippen LogP contribution is 2.35. The van der Waals surface area contributed by atoms with Gasteiger partial charge in [0.2, 0.25) is 5.88 Å². The van der Waals surface area contributed by atoms with E-state index in [1.165, 1.54) is 17.0 Å². The molecular weight excluding hydrogens is 341 g/mol.